The van der Waals surface area contributed by atoms with Crippen molar-refractivity contribution in [2.45, 2.75) is 24.3 Å². The number of benzene rings is 1. The quantitative estimate of drug-likeness (QED) is 0.476. The fourth-order valence-corrected chi connectivity index (χ4v) is 5.16. The van der Waals surface area contributed by atoms with Crippen molar-refractivity contribution in [2.24, 2.45) is 4.99 Å². The lowest BCUT2D eigenvalue weighted by Gasteiger charge is -2.28. The van der Waals surface area contributed by atoms with Gasteiger partial charge in [-0.05, 0) is 30.3 Å². The molecule has 2 aromatic heterocycles. The largest absolute Gasteiger partial charge is 0.339 e. The minimum absolute atomic E-state index is 0.00777. The van der Waals surface area contributed by atoms with E-state index in [1.165, 1.54) is 6.07 Å². The predicted molar refractivity (Wildman–Crippen MR) is 113 cm³/mol. The summed E-state index contributed by atoms with van der Waals surface area (Å²) in [5, 5.41) is 12.8. The Morgan fingerprint density at radius 3 is 2.86 bits per heavy atom. The highest BCUT2D eigenvalue weighted by Gasteiger charge is 2.44. The number of thioether (sulfide) groups is 1. The summed E-state index contributed by atoms with van der Waals surface area (Å²) in [6.45, 7) is 3.12. The summed E-state index contributed by atoms with van der Waals surface area (Å²) in [6, 6.07) is 16.6. The Morgan fingerprint density at radius 2 is 2.07 bits per heavy atom. The standard InChI is InChI=1S/C21H19N5O2S/c1-14-13-25-20(19(23-21(25)29-14)17-8-2-3-10-22-17)18-9-5-11-24(18)15-6-4-7-16(12-15)26(27)28/h2-12,14,19-20H,13H2,1H3/t14-,19+,20+/m1/s1. The molecule has 0 N–H and O–H groups in total. The molecule has 2 aliphatic heterocycles. The number of aromatic nitrogens is 2. The van der Waals surface area contributed by atoms with Crippen LogP contribution < -0.4 is 0 Å². The van der Waals surface area contributed by atoms with Gasteiger partial charge in [0.1, 0.15) is 6.04 Å². The molecule has 0 saturated carbocycles. The molecule has 3 atom stereocenters. The minimum Gasteiger partial charge on any atom is -0.339 e. The van der Waals surface area contributed by atoms with Gasteiger partial charge in [-0.1, -0.05) is 30.8 Å². The van der Waals surface area contributed by atoms with Crippen LogP contribution in [0.1, 0.15) is 30.4 Å². The van der Waals surface area contributed by atoms with Crippen LogP contribution in [0.25, 0.3) is 5.69 Å². The molecular formula is C21H19N5O2S. The fourth-order valence-electron chi connectivity index (χ4n) is 4.06. The van der Waals surface area contributed by atoms with Gasteiger partial charge in [-0.3, -0.25) is 20.1 Å². The van der Waals surface area contributed by atoms with Crippen LogP contribution in [-0.4, -0.2) is 36.3 Å². The topological polar surface area (TPSA) is 76.6 Å². The number of aliphatic imine (C=N–C) groups is 1. The number of nitrogens with zero attached hydrogens (tertiary/aromatic N) is 5. The predicted octanol–water partition coefficient (Wildman–Crippen LogP) is 4.37. The van der Waals surface area contributed by atoms with Gasteiger partial charge in [-0.15, -0.1) is 0 Å². The van der Waals surface area contributed by atoms with Crippen LogP contribution in [0, 0.1) is 10.1 Å². The average molecular weight is 405 g/mol. The van der Waals surface area contributed by atoms with Crippen LogP contribution >= 0.6 is 11.8 Å². The van der Waals surface area contributed by atoms with Crippen LogP contribution in [0.4, 0.5) is 5.69 Å². The van der Waals surface area contributed by atoms with Gasteiger partial charge in [-0.25, -0.2) is 0 Å². The molecule has 0 unspecified atom stereocenters. The van der Waals surface area contributed by atoms with E-state index in [1.807, 2.05) is 41.1 Å². The third-order valence-corrected chi connectivity index (χ3v) is 6.39. The second-order valence-electron chi connectivity index (χ2n) is 7.22. The van der Waals surface area contributed by atoms with Gasteiger partial charge >= 0.3 is 0 Å². The fraction of sp³-hybridized carbons (Fsp3) is 0.238. The van der Waals surface area contributed by atoms with E-state index >= 15 is 0 Å². The Labute approximate surface area is 172 Å². The van der Waals surface area contributed by atoms with Gasteiger partial charge in [0.05, 0.1) is 22.3 Å². The van der Waals surface area contributed by atoms with Gasteiger partial charge in [0, 0.05) is 42.0 Å². The van der Waals surface area contributed by atoms with E-state index in [0.717, 1.165) is 28.8 Å². The first-order chi connectivity index (χ1) is 14.1. The van der Waals surface area contributed by atoms with Gasteiger partial charge < -0.3 is 9.47 Å². The van der Waals surface area contributed by atoms with Crippen LogP contribution in [0.5, 0.6) is 0 Å². The Kier molecular flexibility index (Phi) is 4.35. The van der Waals surface area contributed by atoms with E-state index in [9.17, 15) is 10.1 Å². The lowest BCUT2D eigenvalue weighted by Crippen LogP contribution is -2.30. The molecule has 0 amide bonds. The normalized spacial score (nSPS) is 23.1. The summed E-state index contributed by atoms with van der Waals surface area (Å²) in [5.74, 6) is 0. The van der Waals surface area contributed by atoms with E-state index in [-0.39, 0.29) is 22.7 Å². The number of nitro benzene ring substituents is 1. The molecule has 7 nitrogen and oxygen atoms in total. The zero-order valence-electron chi connectivity index (χ0n) is 15.8. The molecule has 146 valence electrons. The SMILES string of the molecule is C[C@@H]1CN2C(=N[C@@H](c3ccccn3)[C@@H]2c2cccn2-c2cccc([N+](=O)[O-])c2)S1. The molecule has 8 heteroatoms. The van der Waals surface area contributed by atoms with Crippen molar-refractivity contribution in [3.05, 3.63) is 88.5 Å². The lowest BCUT2D eigenvalue weighted by atomic mass is 10.0. The summed E-state index contributed by atoms with van der Waals surface area (Å²) < 4.78 is 2.03. The third-order valence-electron chi connectivity index (χ3n) is 5.28. The summed E-state index contributed by atoms with van der Waals surface area (Å²) in [6.07, 6.45) is 3.75. The number of non-ortho nitro benzene ring substituents is 1. The zero-order chi connectivity index (χ0) is 20.0. The first-order valence-corrected chi connectivity index (χ1v) is 10.3. The van der Waals surface area contributed by atoms with Gasteiger partial charge in [0.2, 0.25) is 0 Å². The molecule has 2 aliphatic rings. The molecular weight excluding hydrogens is 386 g/mol. The molecule has 1 saturated heterocycles. The highest BCUT2D eigenvalue weighted by Crippen LogP contribution is 2.47. The van der Waals surface area contributed by atoms with Crippen molar-refractivity contribution in [1.82, 2.24) is 14.5 Å². The lowest BCUT2D eigenvalue weighted by molar-refractivity contribution is -0.384. The number of rotatable bonds is 4. The minimum atomic E-state index is -0.362. The molecule has 0 aliphatic carbocycles. The average Bonchev–Trinajstić information content (AvgIpc) is 3.42. The van der Waals surface area contributed by atoms with E-state index in [4.69, 9.17) is 4.99 Å². The van der Waals surface area contributed by atoms with Crippen LogP contribution in [-0.2, 0) is 0 Å². The van der Waals surface area contributed by atoms with Gasteiger partial charge in [0.25, 0.3) is 5.69 Å². The maximum atomic E-state index is 11.2. The van der Waals surface area contributed by atoms with Gasteiger partial charge in [0.15, 0.2) is 5.17 Å². The summed E-state index contributed by atoms with van der Waals surface area (Å²) in [5.41, 5.74) is 2.83. The Bertz CT molecular complexity index is 1100. The summed E-state index contributed by atoms with van der Waals surface area (Å²) in [7, 11) is 0. The first kappa shape index (κ1) is 17.9. The van der Waals surface area contributed by atoms with E-state index in [1.54, 1.807) is 30.1 Å². The van der Waals surface area contributed by atoms with Crippen molar-refractivity contribution in [1.29, 1.82) is 0 Å². The first-order valence-electron chi connectivity index (χ1n) is 9.46. The van der Waals surface area contributed by atoms with Crippen molar-refractivity contribution in [3.8, 4) is 5.69 Å². The van der Waals surface area contributed by atoms with Gasteiger partial charge in [-0.2, -0.15) is 0 Å². The highest BCUT2D eigenvalue weighted by molar-refractivity contribution is 8.14. The van der Waals surface area contributed by atoms with Crippen LogP contribution in [0.15, 0.2) is 72.0 Å². The maximum absolute atomic E-state index is 11.2. The van der Waals surface area contributed by atoms with Crippen LogP contribution in [0.3, 0.4) is 0 Å². The Hall–Kier alpha value is -3.13. The molecule has 1 aromatic carbocycles. The van der Waals surface area contributed by atoms with Crippen LogP contribution in [0.2, 0.25) is 0 Å². The number of hydrogen-bond donors (Lipinski definition) is 0. The zero-order valence-corrected chi connectivity index (χ0v) is 16.6. The van der Waals surface area contributed by atoms with E-state index in [0.29, 0.717) is 5.25 Å². The van der Waals surface area contributed by atoms with Crippen molar-refractivity contribution >= 4 is 22.6 Å². The highest BCUT2D eigenvalue weighted by atomic mass is 32.2. The smallest absolute Gasteiger partial charge is 0.271 e. The molecule has 0 spiro atoms. The van der Waals surface area contributed by atoms with E-state index in [2.05, 4.69) is 22.9 Å². The number of fused-ring (bicyclic) bond motifs is 1. The molecule has 4 heterocycles. The monoisotopic (exact) mass is 405 g/mol. The third kappa shape index (κ3) is 3.09. The second-order valence-corrected chi connectivity index (χ2v) is 8.62. The second kappa shape index (κ2) is 7.04. The number of pyridine rings is 1. The number of hydrogen-bond acceptors (Lipinski definition) is 6. The molecule has 3 aromatic rings. The van der Waals surface area contributed by atoms with E-state index < -0.39 is 0 Å². The number of nitro groups is 1. The maximum Gasteiger partial charge on any atom is 0.271 e. The van der Waals surface area contributed by atoms with Crippen molar-refractivity contribution in [3.63, 3.8) is 0 Å². The molecule has 0 bridgehead atoms. The molecule has 29 heavy (non-hydrogen) atoms. The molecule has 5 rings (SSSR count). The number of amidine groups is 1. The van der Waals surface area contributed by atoms with Crippen molar-refractivity contribution in [2.75, 3.05) is 6.54 Å². The Morgan fingerprint density at radius 1 is 1.17 bits per heavy atom. The van der Waals surface area contributed by atoms with Crippen molar-refractivity contribution < 1.29 is 4.92 Å². The Balaban J connectivity index is 1.60. The molecule has 1 fully saturated rings. The summed E-state index contributed by atoms with van der Waals surface area (Å²) in [4.78, 5) is 22.8. The molecule has 0 radical (unpaired) electrons. The summed E-state index contributed by atoms with van der Waals surface area (Å²) >= 11 is 1.79.